The maximum absolute atomic E-state index is 13.1. The van der Waals surface area contributed by atoms with Crippen molar-refractivity contribution < 1.29 is 13.6 Å². The number of hydrogen-bond donors (Lipinski definition) is 2. The first-order chi connectivity index (χ1) is 8.98. The van der Waals surface area contributed by atoms with Crippen LogP contribution < -0.4 is 10.6 Å². The molecule has 0 aromatic carbocycles. The molecule has 0 bridgehead atoms. The van der Waals surface area contributed by atoms with Gasteiger partial charge in [0.2, 0.25) is 11.8 Å². The second-order valence-corrected chi connectivity index (χ2v) is 6.03. The van der Waals surface area contributed by atoms with E-state index < -0.39 is 5.92 Å². The van der Waals surface area contributed by atoms with E-state index in [1.54, 1.807) is 0 Å². The van der Waals surface area contributed by atoms with E-state index in [4.69, 9.17) is 0 Å². The van der Waals surface area contributed by atoms with Crippen LogP contribution in [0.3, 0.4) is 0 Å². The molecule has 1 saturated heterocycles. The largest absolute Gasteiger partial charge is 0.353 e. The van der Waals surface area contributed by atoms with Gasteiger partial charge in [-0.05, 0) is 51.6 Å². The summed E-state index contributed by atoms with van der Waals surface area (Å²) in [7, 11) is 0. The summed E-state index contributed by atoms with van der Waals surface area (Å²) in [6.07, 6.45) is 2.59. The summed E-state index contributed by atoms with van der Waals surface area (Å²) < 4.78 is 26.1. The lowest BCUT2D eigenvalue weighted by Gasteiger charge is -2.32. The fraction of sp³-hybridized carbons (Fsp3) is 0.929. The third kappa shape index (κ3) is 4.13. The Hall–Kier alpha value is -0.710. The zero-order valence-corrected chi connectivity index (χ0v) is 11.6. The second kappa shape index (κ2) is 6.16. The summed E-state index contributed by atoms with van der Waals surface area (Å²) in [6.45, 7) is 4.01. The Balaban J connectivity index is 1.77. The monoisotopic (exact) mass is 274 g/mol. The van der Waals surface area contributed by atoms with Crippen LogP contribution >= 0.6 is 0 Å². The van der Waals surface area contributed by atoms with E-state index in [2.05, 4.69) is 10.6 Å². The van der Waals surface area contributed by atoms with E-state index in [9.17, 15) is 13.6 Å². The van der Waals surface area contributed by atoms with E-state index in [1.807, 2.05) is 6.92 Å². The predicted molar refractivity (Wildman–Crippen MR) is 70.1 cm³/mol. The molecule has 2 fully saturated rings. The highest BCUT2D eigenvalue weighted by Crippen LogP contribution is 2.36. The quantitative estimate of drug-likeness (QED) is 0.829. The molecule has 110 valence electrons. The van der Waals surface area contributed by atoms with Gasteiger partial charge >= 0.3 is 0 Å². The van der Waals surface area contributed by atoms with Crippen molar-refractivity contribution in [3.05, 3.63) is 0 Å². The molecule has 1 saturated carbocycles. The van der Waals surface area contributed by atoms with Gasteiger partial charge in [0.1, 0.15) is 0 Å². The average Bonchev–Trinajstić information content (AvgIpc) is 2.39. The Labute approximate surface area is 113 Å². The van der Waals surface area contributed by atoms with E-state index in [-0.39, 0.29) is 30.7 Å². The molecule has 0 spiro atoms. The molecule has 1 aliphatic heterocycles. The van der Waals surface area contributed by atoms with Gasteiger partial charge in [0.15, 0.2) is 0 Å². The van der Waals surface area contributed by atoms with E-state index in [0.29, 0.717) is 18.8 Å². The van der Waals surface area contributed by atoms with Crippen LogP contribution in [-0.4, -0.2) is 31.0 Å². The topological polar surface area (TPSA) is 41.1 Å². The number of piperidine rings is 1. The third-order valence-corrected chi connectivity index (χ3v) is 4.50. The van der Waals surface area contributed by atoms with Crippen LogP contribution in [0, 0.1) is 11.8 Å². The lowest BCUT2D eigenvalue weighted by molar-refractivity contribution is -0.130. The van der Waals surface area contributed by atoms with Crippen molar-refractivity contribution in [2.45, 2.75) is 57.4 Å². The zero-order valence-electron chi connectivity index (χ0n) is 11.6. The first-order valence-corrected chi connectivity index (χ1v) is 7.37. The summed E-state index contributed by atoms with van der Waals surface area (Å²) >= 11 is 0. The molecule has 1 aliphatic carbocycles. The Kier molecular flexibility index (Phi) is 4.76. The SMILES string of the molecule is CC(NC(=O)C1CCC(F)(F)CC1)C1CCCNC1. The molecule has 1 amide bonds. The highest BCUT2D eigenvalue weighted by molar-refractivity contribution is 5.79. The highest BCUT2D eigenvalue weighted by Gasteiger charge is 2.37. The molecule has 19 heavy (non-hydrogen) atoms. The van der Waals surface area contributed by atoms with Gasteiger partial charge in [-0.25, -0.2) is 8.78 Å². The Morgan fingerprint density at radius 1 is 1.32 bits per heavy atom. The van der Waals surface area contributed by atoms with Crippen LogP contribution in [0.2, 0.25) is 0 Å². The molecule has 0 aromatic heterocycles. The van der Waals surface area contributed by atoms with Gasteiger partial charge < -0.3 is 10.6 Å². The Bertz CT molecular complexity index is 307. The van der Waals surface area contributed by atoms with Crippen molar-refractivity contribution in [3.8, 4) is 0 Å². The molecule has 3 nitrogen and oxygen atoms in total. The second-order valence-electron chi connectivity index (χ2n) is 6.03. The van der Waals surface area contributed by atoms with E-state index >= 15 is 0 Å². The molecule has 2 rings (SSSR count). The van der Waals surface area contributed by atoms with Crippen LogP contribution in [0.4, 0.5) is 8.78 Å². The molecular weight excluding hydrogens is 250 g/mol. The minimum Gasteiger partial charge on any atom is -0.353 e. The number of amides is 1. The number of rotatable bonds is 3. The Morgan fingerprint density at radius 3 is 2.58 bits per heavy atom. The molecule has 2 unspecified atom stereocenters. The number of alkyl halides is 2. The number of carbonyl (C=O) groups is 1. The molecule has 2 atom stereocenters. The molecular formula is C14H24F2N2O. The first-order valence-electron chi connectivity index (χ1n) is 7.37. The van der Waals surface area contributed by atoms with Gasteiger partial charge in [0, 0.05) is 24.8 Å². The van der Waals surface area contributed by atoms with Crippen molar-refractivity contribution in [1.29, 1.82) is 0 Å². The van der Waals surface area contributed by atoms with Gasteiger partial charge in [-0.1, -0.05) is 0 Å². The summed E-state index contributed by atoms with van der Waals surface area (Å²) in [5.41, 5.74) is 0. The van der Waals surface area contributed by atoms with E-state index in [1.165, 1.54) is 0 Å². The smallest absolute Gasteiger partial charge is 0.248 e. The summed E-state index contributed by atoms with van der Waals surface area (Å²) in [6, 6.07) is 0.128. The number of hydrogen-bond acceptors (Lipinski definition) is 2. The van der Waals surface area contributed by atoms with Crippen LogP contribution in [0.15, 0.2) is 0 Å². The fourth-order valence-electron chi connectivity index (χ4n) is 3.07. The van der Waals surface area contributed by atoms with Gasteiger partial charge in [0.05, 0.1) is 0 Å². The lowest BCUT2D eigenvalue weighted by atomic mass is 9.85. The molecule has 2 aliphatic rings. The van der Waals surface area contributed by atoms with Gasteiger partial charge in [0.25, 0.3) is 0 Å². The molecule has 1 heterocycles. The number of nitrogens with one attached hydrogen (secondary N) is 2. The Morgan fingerprint density at radius 2 is 2.00 bits per heavy atom. The average molecular weight is 274 g/mol. The van der Waals surface area contributed by atoms with E-state index in [0.717, 1.165) is 25.9 Å². The minimum atomic E-state index is -2.56. The molecule has 5 heteroatoms. The predicted octanol–water partition coefficient (Wildman–Crippen LogP) is 2.32. The van der Waals surface area contributed by atoms with Gasteiger partial charge in [-0.3, -0.25) is 4.79 Å². The lowest BCUT2D eigenvalue weighted by Crippen LogP contribution is -2.47. The first kappa shape index (κ1) is 14.7. The zero-order chi connectivity index (χ0) is 13.9. The standard InChI is InChI=1S/C14H24F2N2O/c1-10(12-3-2-8-17-9-12)18-13(19)11-4-6-14(15,16)7-5-11/h10-12,17H,2-9H2,1H3,(H,18,19). The van der Waals surface area contributed by atoms with Crippen molar-refractivity contribution in [3.63, 3.8) is 0 Å². The number of carbonyl (C=O) groups excluding carboxylic acids is 1. The molecule has 0 aromatic rings. The van der Waals surface area contributed by atoms with Crippen LogP contribution in [-0.2, 0) is 4.79 Å². The summed E-state index contributed by atoms with van der Waals surface area (Å²) in [5.74, 6) is -2.36. The normalized spacial score (nSPS) is 29.7. The van der Waals surface area contributed by atoms with Crippen molar-refractivity contribution in [1.82, 2.24) is 10.6 Å². The fourth-order valence-corrected chi connectivity index (χ4v) is 3.07. The molecule has 0 radical (unpaired) electrons. The minimum absolute atomic E-state index is 0.0337. The maximum Gasteiger partial charge on any atom is 0.248 e. The van der Waals surface area contributed by atoms with Crippen LogP contribution in [0.1, 0.15) is 45.4 Å². The highest BCUT2D eigenvalue weighted by atomic mass is 19.3. The van der Waals surface area contributed by atoms with Crippen molar-refractivity contribution in [2.75, 3.05) is 13.1 Å². The number of halogens is 2. The summed E-state index contributed by atoms with van der Waals surface area (Å²) in [4.78, 5) is 12.1. The van der Waals surface area contributed by atoms with Crippen molar-refractivity contribution >= 4 is 5.91 Å². The van der Waals surface area contributed by atoms with Crippen LogP contribution in [0.25, 0.3) is 0 Å². The molecule has 2 N–H and O–H groups in total. The van der Waals surface area contributed by atoms with Gasteiger partial charge in [-0.15, -0.1) is 0 Å². The van der Waals surface area contributed by atoms with Crippen LogP contribution in [0.5, 0.6) is 0 Å². The third-order valence-electron chi connectivity index (χ3n) is 4.50. The maximum atomic E-state index is 13.1. The van der Waals surface area contributed by atoms with Crippen molar-refractivity contribution in [2.24, 2.45) is 11.8 Å². The van der Waals surface area contributed by atoms with Gasteiger partial charge in [-0.2, -0.15) is 0 Å². The summed E-state index contributed by atoms with van der Waals surface area (Å²) in [5, 5.41) is 6.35.